The Morgan fingerprint density at radius 3 is 2.52 bits per heavy atom. The molecule has 0 aliphatic carbocycles. The van der Waals surface area contributed by atoms with Crippen molar-refractivity contribution in [2.45, 2.75) is 25.8 Å². The van der Waals surface area contributed by atoms with Crippen LogP contribution in [0.4, 0.5) is 11.4 Å². The van der Waals surface area contributed by atoms with Gasteiger partial charge in [-0.15, -0.1) is 0 Å². The molecule has 0 bridgehead atoms. The second-order valence-electron chi connectivity index (χ2n) is 7.84. The molecule has 3 aromatic carbocycles. The minimum Gasteiger partial charge on any atom is -0.327 e. The average Bonchev–Trinajstić information content (AvgIpc) is 3.26. The Balaban J connectivity index is 1.56. The Bertz CT molecular complexity index is 1190. The molecular weight excluding hydrogens is 394 g/mol. The van der Waals surface area contributed by atoms with Gasteiger partial charge in [0.25, 0.3) is 11.6 Å². The predicted octanol–water partition coefficient (Wildman–Crippen LogP) is 4.32. The van der Waals surface area contributed by atoms with Crippen LogP contribution >= 0.6 is 0 Å². The molecule has 1 aliphatic heterocycles. The van der Waals surface area contributed by atoms with Gasteiger partial charge in [0.2, 0.25) is 5.91 Å². The summed E-state index contributed by atoms with van der Waals surface area (Å²) in [5.41, 5.74) is 1.53. The van der Waals surface area contributed by atoms with Crippen molar-refractivity contribution >= 4 is 34.0 Å². The molecule has 31 heavy (non-hydrogen) atoms. The first kappa shape index (κ1) is 20.5. The van der Waals surface area contributed by atoms with Gasteiger partial charge in [-0.2, -0.15) is 0 Å². The highest BCUT2D eigenvalue weighted by Gasteiger charge is 2.36. The van der Waals surface area contributed by atoms with Crippen LogP contribution in [0, 0.1) is 17.0 Å². The molecule has 2 amide bonds. The molecule has 1 aliphatic rings. The maximum absolute atomic E-state index is 13.3. The van der Waals surface area contributed by atoms with Gasteiger partial charge in [-0.25, -0.2) is 0 Å². The van der Waals surface area contributed by atoms with Crippen molar-refractivity contribution in [1.29, 1.82) is 0 Å². The molecule has 1 saturated heterocycles. The number of anilines is 1. The molecule has 0 saturated carbocycles. The molecule has 158 valence electrons. The number of nitro benzene ring substituents is 1. The summed E-state index contributed by atoms with van der Waals surface area (Å²) < 4.78 is 0. The molecule has 1 heterocycles. The van der Waals surface area contributed by atoms with E-state index in [1.54, 1.807) is 23.8 Å². The first-order valence-electron chi connectivity index (χ1n) is 10.2. The smallest absolute Gasteiger partial charge is 0.272 e. The first-order chi connectivity index (χ1) is 14.9. The van der Waals surface area contributed by atoms with E-state index in [0.717, 1.165) is 22.9 Å². The molecule has 0 N–H and O–H groups in total. The number of hydrogen-bond donors (Lipinski definition) is 0. The van der Waals surface area contributed by atoms with Crippen molar-refractivity contribution in [1.82, 2.24) is 4.90 Å². The van der Waals surface area contributed by atoms with Gasteiger partial charge in [-0.3, -0.25) is 19.7 Å². The van der Waals surface area contributed by atoms with E-state index in [0.29, 0.717) is 24.1 Å². The van der Waals surface area contributed by atoms with E-state index in [-0.39, 0.29) is 17.5 Å². The second-order valence-corrected chi connectivity index (χ2v) is 7.84. The van der Waals surface area contributed by atoms with Gasteiger partial charge in [0.15, 0.2) is 0 Å². The van der Waals surface area contributed by atoms with E-state index in [1.165, 1.54) is 18.2 Å². The molecule has 1 fully saturated rings. The lowest BCUT2D eigenvalue weighted by Crippen LogP contribution is -2.46. The van der Waals surface area contributed by atoms with E-state index < -0.39 is 11.0 Å². The van der Waals surface area contributed by atoms with E-state index in [2.05, 4.69) is 0 Å². The topological polar surface area (TPSA) is 83.8 Å². The number of rotatable bonds is 4. The normalized spacial score (nSPS) is 15.8. The zero-order chi connectivity index (χ0) is 22.1. The van der Waals surface area contributed by atoms with Gasteiger partial charge in [0.05, 0.1) is 4.92 Å². The fourth-order valence-electron chi connectivity index (χ4n) is 4.16. The number of likely N-dealkylation sites (tertiary alicyclic amines) is 1. The summed E-state index contributed by atoms with van der Waals surface area (Å²) in [6, 6.07) is 17.6. The van der Waals surface area contributed by atoms with E-state index in [9.17, 15) is 19.7 Å². The number of nitrogens with zero attached hydrogens (tertiary/aromatic N) is 3. The molecule has 3 aromatic rings. The number of nitro groups is 1. The minimum absolute atomic E-state index is 0.0263. The third-order valence-electron chi connectivity index (χ3n) is 5.89. The third kappa shape index (κ3) is 3.86. The van der Waals surface area contributed by atoms with Crippen LogP contribution in [-0.4, -0.2) is 41.3 Å². The van der Waals surface area contributed by atoms with Gasteiger partial charge < -0.3 is 9.80 Å². The van der Waals surface area contributed by atoms with E-state index >= 15 is 0 Å². The molecule has 0 spiro atoms. The Morgan fingerprint density at radius 2 is 1.81 bits per heavy atom. The Hall–Kier alpha value is -3.74. The van der Waals surface area contributed by atoms with Crippen LogP contribution in [0.5, 0.6) is 0 Å². The van der Waals surface area contributed by atoms with Gasteiger partial charge >= 0.3 is 0 Å². The van der Waals surface area contributed by atoms with Crippen molar-refractivity contribution in [2.75, 3.05) is 18.5 Å². The Kier molecular flexibility index (Phi) is 5.42. The van der Waals surface area contributed by atoms with Gasteiger partial charge in [0.1, 0.15) is 6.04 Å². The highest BCUT2D eigenvalue weighted by molar-refractivity contribution is 6.03. The quantitative estimate of drug-likeness (QED) is 0.467. The summed E-state index contributed by atoms with van der Waals surface area (Å²) in [5, 5.41) is 13.2. The molecular formula is C24H23N3O4. The highest BCUT2D eigenvalue weighted by atomic mass is 16.6. The van der Waals surface area contributed by atoms with Crippen molar-refractivity contribution in [3.8, 4) is 0 Å². The number of benzene rings is 3. The Labute approximate surface area is 180 Å². The van der Waals surface area contributed by atoms with E-state index in [4.69, 9.17) is 0 Å². The molecule has 4 rings (SSSR count). The van der Waals surface area contributed by atoms with E-state index in [1.807, 2.05) is 42.5 Å². The maximum atomic E-state index is 13.3. The van der Waals surface area contributed by atoms with Gasteiger partial charge in [-0.05, 0) is 54.8 Å². The van der Waals surface area contributed by atoms with Crippen LogP contribution in [0.2, 0.25) is 0 Å². The Morgan fingerprint density at radius 1 is 1.06 bits per heavy atom. The summed E-state index contributed by atoms with van der Waals surface area (Å²) in [7, 11) is 1.73. The van der Waals surface area contributed by atoms with Gasteiger partial charge in [0, 0.05) is 36.5 Å². The predicted molar refractivity (Wildman–Crippen MR) is 119 cm³/mol. The summed E-state index contributed by atoms with van der Waals surface area (Å²) in [4.78, 5) is 40.2. The lowest BCUT2D eigenvalue weighted by molar-refractivity contribution is -0.385. The van der Waals surface area contributed by atoms with Crippen molar-refractivity contribution in [3.05, 3.63) is 81.9 Å². The molecule has 7 heteroatoms. The summed E-state index contributed by atoms with van der Waals surface area (Å²) >= 11 is 0. The summed E-state index contributed by atoms with van der Waals surface area (Å²) in [5.74, 6) is -0.416. The molecule has 7 nitrogen and oxygen atoms in total. The molecule has 1 unspecified atom stereocenters. The first-order valence-corrected chi connectivity index (χ1v) is 10.2. The minimum atomic E-state index is -0.556. The summed E-state index contributed by atoms with van der Waals surface area (Å²) in [6.07, 6.45) is 1.33. The number of hydrogen-bond acceptors (Lipinski definition) is 4. The van der Waals surface area contributed by atoms with Crippen LogP contribution in [-0.2, 0) is 4.79 Å². The highest BCUT2D eigenvalue weighted by Crippen LogP contribution is 2.27. The van der Waals surface area contributed by atoms with Crippen LogP contribution < -0.4 is 4.90 Å². The van der Waals surface area contributed by atoms with Crippen molar-refractivity contribution in [2.24, 2.45) is 0 Å². The number of carbonyl (C=O) groups is 2. The van der Waals surface area contributed by atoms with Crippen molar-refractivity contribution < 1.29 is 14.5 Å². The zero-order valence-corrected chi connectivity index (χ0v) is 17.4. The lowest BCUT2D eigenvalue weighted by Gasteiger charge is -2.28. The lowest BCUT2D eigenvalue weighted by atomic mass is 10.1. The largest absolute Gasteiger partial charge is 0.327 e. The SMILES string of the molecule is Cc1cc(C(=O)N2CCCC2C(=O)N(C)c2ccc3ccccc3c2)ccc1[N+](=O)[O-]. The monoisotopic (exact) mass is 417 g/mol. The number of amides is 2. The number of likely N-dealkylation sites (N-methyl/N-ethyl adjacent to an activating group) is 1. The maximum Gasteiger partial charge on any atom is 0.272 e. The third-order valence-corrected chi connectivity index (χ3v) is 5.89. The van der Waals surface area contributed by atoms with Crippen LogP contribution in [0.25, 0.3) is 10.8 Å². The summed E-state index contributed by atoms with van der Waals surface area (Å²) in [6.45, 7) is 2.09. The fourth-order valence-corrected chi connectivity index (χ4v) is 4.16. The molecule has 0 radical (unpaired) electrons. The zero-order valence-electron chi connectivity index (χ0n) is 17.4. The van der Waals surface area contributed by atoms with Crippen molar-refractivity contribution in [3.63, 3.8) is 0 Å². The van der Waals surface area contributed by atoms with Crippen LogP contribution in [0.3, 0.4) is 0 Å². The number of fused-ring (bicyclic) bond motifs is 1. The molecule has 1 atom stereocenters. The number of carbonyl (C=O) groups excluding carboxylic acids is 2. The molecule has 0 aromatic heterocycles. The standard InChI is InChI=1S/C24H23N3O4/c1-16-14-19(10-12-21(16)27(30)31)23(28)26-13-5-8-22(26)24(29)25(2)20-11-9-17-6-3-4-7-18(17)15-20/h3-4,6-7,9-12,14-15,22H,5,8,13H2,1-2H3. The average molecular weight is 417 g/mol. The van der Waals surface area contributed by atoms with Crippen LogP contribution in [0.15, 0.2) is 60.7 Å². The van der Waals surface area contributed by atoms with Crippen LogP contribution in [0.1, 0.15) is 28.8 Å². The second kappa shape index (κ2) is 8.18. The fraction of sp³-hybridized carbons (Fsp3) is 0.250. The van der Waals surface area contributed by atoms with Gasteiger partial charge in [-0.1, -0.05) is 30.3 Å². The number of aryl methyl sites for hydroxylation is 1.